The van der Waals surface area contributed by atoms with Gasteiger partial charge in [0.15, 0.2) is 0 Å². The Balaban J connectivity index is 2.12. The highest BCUT2D eigenvalue weighted by Crippen LogP contribution is 2.35. The van der Waals surface area contributed by atoms with E-state index in [2.05, 4.69) is 37.9 Å². The number of methoxy groups -OCH3 is 1. The van der Waals surface area contributed by atoms with E-state index in [9.17, 15) is 0 Å². The molecule has 3 heteroatoms. The van der Waals surface area contributed by atoms with E-state index in [0.29, 0.717) is 6.04 Å². The molecule has 19 heavy (non-hydrogen) atoms. The topological polar surface area (TPSA) is 38.5 Å². The summed E-state index contributed by atoms with van der Waals surface area (Å²) in [6, 6.07) is 6.79. The van der Waals surface area contributed by atoms with Crippen LogP contribution in [0, 0.1) is 5.92 Å². The number of nitrogens with zero attached hydrogens (tertiary/aromatic N) is 1. The molecular formula is C16H26N2O. The average molecular weight is 262 g/mol. The zero-order chi connectivity index (χ0) is 14.0. The molecule has 0 fully saturated rings. The zero-order valence-corrected chi connectivity index (χ0v) is 12.5. The van der Waals surface area contributed by atoms with Crippen LogP contribution in [0.3, 0.4) is 0 Å². The quantitative estimate of drug-likeness (QED) is 0.886. The van der Waals surface area contributed by atoms with Crippen LogP contribution < -0.4 is 10.5 Å². The molecule has 0 amide bonds. The minimum absolute atomic E-state index is 0.0964. The molecule has 0 heterocycles. The molecule has 106 valence electrons. The van der Waals surface area contributed by atoms with Gasteiger partial charge < -0.3 is 15.4 Å². The molecule has 0 aromatic heterocycles. The van der Waals surface area contributed by atoms with Gasteiger partial charge in [0.05, 0.1) is 7.11 Å². The lowest BCUT2D eigenvalue weighted by molar-refractivity contribution is 0.193. The number of likely N-dealkylation sites (N-methyl/N-ethyl adjacent to an activating group) is 1. The number of hydrogen-bond acceptors (Lipinski definition) is 3. The summed E-state index contributed by atoms with van der Waals surface area (Å²) >= 11 is 0. The first-order chi connectivity index (χ1) is 9.06. The number of hydrogen-bond donors (Lipinski definition) is 1. The lowest BCUT2D eigenvalue weighted by Gasteiger charge is -2.30. The Labute approximate surface area is 116 Å². The van der Waals surface area contributed by atoms with Gasteiger partial charge in [-0.1, -0.05) is 26.3 Å². The van der Waals surface area contributed by atoms with Crippen molar-refractivity contribution in [2.45, 2.75) is 38.8 Å². The summed E-state index contributed by atoms with van der Waals surface area (Å²) in [5.74, 6) is 1.62. The molecule has 1 aliphatic carbocycles. The van der Waals surface area contributed by atoms with Crippen LogP contribution in [-0.4, -0.2) is 31.6 Å². The molecule has 3 unspecified atom stereocenters. The highest BCUT2D eigenvalue weighted by atomic mass is 16.5. The summed E-state index contributed by atoms with van der Waals surface area (Å²) in [6.07, 6.45) is 2.26. The Morgan fingerprint density at radius 2 is 2.21 bits per heavy atom. The normalized spacial score (nSPS) is 23.5. The van der Waals surface area contributed by atoms with Crippen molar-refractivity contribution in [1.82, 2.24) is 4.90 Å². The van der Waals surface area contributed by atoms with Gasteiger partial charge in [-0.25, -0.2) is 0 Å². The van der Waals surface area contributed by atoms with E-state index in [-0.39, 0.29) is 6.04 Å². The molecule has 0 aliphatic heterocycles. The van der Waals surface area contributed by atoms with Crippen molar-refractivity contribution in [3.63, 3.8) is 0 Å². The maximum atomic E-state index is 6.44. The summed E-state index contributed by atoms with van der Waals surface area (Å²) in [5.41, 5.74) is 9.06. The first-order valence-electron chi connectivity index (χ1n) is 7.19. The summed E-state index contributed by atoms with van der Waals surface area (Å²) in [5, 5.41) is 0. The molecule has 2 rings (SSSR count). The minimum atomic E-state index is 0.0964. The molecule has 1 aromatic rings. The molecule has 3 nitrogen and oxygen atoms in total. The Kier molecular flexibility index (Phi) is 4.48. The maximum absolute atomic E-state index is 6.44. The summed E-state index contributed by atoms with van der Waals surface area (Å²) < 4.78 is 5.30. The van der Waals surface area contributed by atoms with Gasteiger partial charge in [-0.3, -0.25) is 0 Å². The van der Waals surface area contributed by atoms with Crippen molar-refractivity contribution in [1.29, 1.82) is 0 Å². The fourth-order valence-corrected chi connectivity index (χ4v) is 2.94. The van der Waals surface area contributed by atoms with Gasteiger partial charge >= 0.3 is 0 Å². The van der Waals surface area contributed by atoms with Crippen LogP contribution in [0.5, 0.6) is 5.75 Å². The third-order valence-corrected chi connectivity index (χ3v) is 4.42. The molecular weight excluding hydrogens is 236 g/mol. The molecule has 0 saturated heterocycles. The predicted molar refractivity (Wildman–Crippen MR) is 79.5 cm³/mol. The van der Waals surface area contributed by atoms with Gasteiger partial charge in [0, 0.05) is 18.6 Å². The van der Waals surface area contributed by atoms with Crippen LogP contribution in [0.25, 0.3) is 0 Å². The molecule has 3 atom stereocenters. The zero-order valence-electron chi connectivity index (χ0n) is 12.5. The average Bonchev–Trinajstić information content (AvgIpc) is 2.75. The maximum Gasteiger partial charge on any atom is 0.119 e. The van der Waals surface area contributed by atoms with Crippen LogP contribution in [0.15, 0.2) is 18.2 Å². The van der Waals surface area contributed by atoms with Crippen LogP contribution in [0.2, 0.25) is 0 Å². The van der Waals surface area contributed by atoms with E-state index in [1.165, 1.54) is 17.5 Å². The predicted octanol–water partition coefficient (Wildman–Crippen LogP) is 2.60. The minimum Gasteiger partial charge on any atom is -0.497 e. The Hall–Kier alpha value is -1.06. The molecule has 0 spiro atoms. The molecule has 0 bridgehead atoms. The van der Waals surface area contributed by atoms with Gasteiger partial charge in [0.1, 0.15) is 5.75 Å². The largest absolute Gasteiger partial charge is 0.497 e. The van der Waals surface area contributed by atoms with E-state index >= 15 is 0 Å². The molecule has 2 N–H and O–H groups in total. The van der Waals surface area contributed by atoms with Gasteiger partial charge in [-0.15, -0.1) is 0 Å². The first-order valence-corrected chi connectivity index (χ1v) is 7.19. The van der Waals surface area contributed by atoms with Crippen molar-refractivity contribution in [3.8, 4) is 5.75 Å². The third kappa shape index (κ3) is 2.93. The second-order valence-electron chi connectivity index (χ2n) is 5.81. The lowest BCUT2D eigenvalue weighted by atomic mass is 10.0. The van der Waals surface area contributed by atoms with E-state index in [1.54, 1.807) is 7.11 Å². The number of ether oxygens (including phenoxy) is 1. The monoisotopic (exact) mass is 262 g/mol. The van der Waals surface area contributed by atoms with E-state index in [4.69, 9.17) is 10.5 Å². The van der Waals surface area contributed by atoms with E-state index < -0.39 is 0 Å². The number of fused-ring (bicyclic) bond motifs is 1. The van der Waals surface area contributed by atoms with Crippen LogP contribution in [-0.2, 0) is 6.42 Å². The number of rotatable bonds is 5. The fourth-order valence-electron chi connectivity index (χ4n) is 2.94. The Bertz CT molecular complexity index is 433. The fraction of sp³-hybridized carbons (Fsp3) is 0.625. The van der Waals surface area contributed by atoms with Crippen molar-refractivity contribution >= 4 is 0 Å². The SMILES string of the molecule is CCC(C)CN(C)C1Cc2ccc(OC)cc2C1N. The Morgan fingerprint density at radius 1 is 1.47 bits per heavy atom. The molecule has 0 radical (unpaired) electrons. The Morgan fingerprint density at radius 3 is 2.84 bits per heavy atom. The molecule has 1 aliphatic rings. The smallest absolute Gasteiger partial charge is 0.119 e. The third-order valence-electron chi connectivity index (χ3n) is 4.42. The summed E-state index contributed by atoms with van der Waals surface area (Å²) in [7, 11) is 3.90. The second-order valence-corrected chi connectivity index (χ2v) is 5.81. The van der Waals surface area contributed by atoms with Crippen molar-refractivity contribution < 1.29 is 4.74 Å². The summed E-state index contributed by atoms with van der Waals surface area (Å²) in [6.45, 7) is 5.65. The van der Waals surface area contributed by atoms with Crippen molar-refractivity contribution in [2.24, 2.45) is 11.7 Å². The van der Waals surface area contributed by atoms with E-state index in [1.807, 2.05) is 6.07 Å². The van der Waals surface area contributed by atoms with Gasteiger partial charge in [0.25, 0.3) is 0 Å². The molecule has 1 aromatic carbocycles. The van der Waals surface area contributed by atoms with Gasteiger partial charge in [-0.2, -0.15) is 0 Å². The highest BCUT2D eigenvalue weighted by Gasteiger charge is 2.32. The highest BCUT2D eigenvalue weighted by molar-refractivity contribution is 5.42. The summed E-state index contributed by atoms with van der Waals surface area (Å²) in [4.78, 5) is 2.42. The van der Waals surface area contributed by atoms with Gasteiger partial charge in [-0.05, 0) is 42.6 Å². The van der Waals surface area contributed by atoms with Gasteiger partial charge in [0.2, 0.25) is 0 Å². The van der Waals surface area contributed by atoms with Crippen LogP contribution in [0.4, 0.5) is 0 Å². The lowest BCUT2D eigenvalue weighted by Crippen LogP contribution is -2.40. The van der Waals surface area contributed by atoms with Crippen molar-refractivity contribution in [3.05, 3.63) is 29.3 Å². The standard InChI is InChI=1S/C16H26N2O/c1-5-11(2)10-18(3)15-8-12-6-7-13(19-4)9-14(12)16(15)17/h6-7,9,11,15-16H,5,8,10,17H2,1-4H3. The van der Waals surface area contributed by atoms with Crippen LogP contribution >= 0.6 is 0 Å². The number of benzene rings is 1. The van der Waals surface area contributed by atoms with Crippen molar-refractivity contribution in [2.75, 3.05) is 20.7 Å². The second kappa shape index (κ2) is 5.93. The van der Waals surface area contributed by atoms with Crippen LogP contribution in [0.1, 0.15) is 37.4 Å². The first kappa shape index (κ1) is 14.4. The number of nitrogens with two attached hydrogens (primary N) is 1. The van der Waals surface area contributed by atoms with E-state index in [0.717, 1.165) is 24.6 Å². The molecule has 0 saturated carbocycles.